The average Bonchev–Trinajstić information content (AvgIpc) is 3.01. The molecule has 0 aromatic heterocycles. The first-order valence-corrected chi connectivity index (χ1v) is 15.7. The van der Waals surface area contributed by atoms with E-state index < -0.39 is 22.2 Å². The summed E-state index contributed by atoms with van der Waals surface area (Å²) in [6.45, 7) is 49.4. The molecule has 1 aromatic rings. The molecule has 252 valence electrons. The van der Waals surface area contributed by atoms with E-state index in [-0.39, 0.29) is 31.4 Å². The molecule has 0 aliphatic heterocycles. The lowest BCUT2D eigenvalue weighted by Crippen LogP contribution is -2.52. The van der Waals surface area contributed by atoms with E-state index in [9.17, 15) is 5.11 Å². The highest BCUT2D eigenvalue weighted by molar-refractivity contribution is 5.66. The van der Waals surface area contributed by atoms with Gasteiger partial charge in [0.1, 0.15) is 5.75 Å². The molecule has 0 spiro atoms. The van der Waals surface area contributed by atoms with Gasteiger partial charge >= 0.3 is 0 Å². The van der Waals surface area contributed by atoms with Crippen LogP contribution in [0.1, 0.15) is 73.6 Å². The maximum atomic E-state index is 12.4. The van der Waals surface area contributed by atoms with Gasteiger partial charge in [0.25, 0.3) is 0 Å². The second kappa shape index (κ2) is 17.1. The first kappa shape index (κ1) is 40.8. The van der Waals surface area contributed by atoms with Crippen molar-refractivity contribution in [2.75, 3.05) is 0 Å². The van der Waals surface area contributed by atoms with Gasteiger partial charge in [0.15, 0.2) is 0 Å². The van der Waals surface area contributed by atoms with Crippen LogP contribution in [0.4, 0.5) is 0 Å². The molecular formula is C42H58N4O. The van der Waals surface area contributed by atoms with E-state index in [1.54, 1.807) is 54.7 Å². The summed E-state index contributed by atoms with van der Waals surface area (Å²) in [6.07, 6.45) is 16.0. The number of hydrogen-bond acceptors (Lipinski definition) is 5. The predicted octanol–water partition coefficient (Wildman–Crippen LogP) is 8.84. The Labute approximate surface area is 284 Å². The van der Waals surface area contributed by atoms with E-state index >= 15 is 0 Å². The van der Waals surface area contributed by atoms with Crippen molar-refractivity contribution in [3.8, 4) is 5.75 Å². The van der Waals surface area contributed by atoms with Crippen LogP contribution in [0.2, 0.25) is 0 Å². The molecule has 4 unspecified atom stereocenters. The Bertz CT molecular complexity index is 1480. The molecule has 1 rings (SSSR count). The zero-order valence-electron chi connectivity index (χ0n) is 28.6. The Kier molecular flexibility index (Phi) is 14.8. The minimum absolute atomic E-state index is 0.154. The highest BCUT2D eigenvalue weighted by atomic mass is 16.3. The standard InChI is InChI=1S/C42H58N4O/c1-13-21-30(9)39(43,25-17-5)34-29-35(47)37(41(45,27-19-7)32(11)23-15-3)38(42(46,28-20-8)33(12)24-16-4)36(34)40(44,26-18-6)31(10)22-14-2/h13-20,29,47H,1-12,21-28,43-46H2. The summed E-state index contributed by atoms with van der Waals surface area (Å²) in [4.78, 5) is 0. The van der Waals surface area contributed by atoms with Gasteiger partial charge in [-0.25, -0.2) is 0 Å². The second-order valence-corrected chi connectivity index (χ2v) is 12.3. The first-order chi connectivity index (χ1) is 22.1. The Morgan fingerprint density at radius 2 is 0.745 bits per heavy atom. The molecule has 0 radical (unpaired) electrons. The van der Waals surface area contributed by atoms with E-state index in [0.29, 0.717) is 70.2 Å². The Morgan fingerprint density at radius 1 is 0.468 bits per heavy atom. The van der Waals surface area contributed by atoms with Crippen LogP contribution in [0.5, 0.6) is 5.75 Å². The summed E-state index contributed by atoms with van der Waals surface area (Å²) >= 11 is 0. The number of nitrogens with two attached hydrogens (primary N) is 4. The van der Waals surface area contributed by atoms with Crippen LogP contribution >= 0.6 is 0 Å². The third-order valence-electron chi connectivity index (χ3n) is 9.08. The Balaban J connectivity index is 5.21. The maximum absolute atomic E-state index is 12.4. The van der Waals surface area contributed by atoms with Crippen molar-refractivity contribution < 1.29 is 5.11 Å². The van der Waals surface area contributed by atoms with Gasteiger partial charge in [-0.1, -0.05) is 74.9 Å². The summed E-state index contributed by atoms with van der Waals surface area (Å²) in [5.74, 6) is -0.154. The van der Waals surface area contributed by atoms with Crippen molar-refractivity contribution in [1.82, 2.24) is 0 Å². The molecule has 0 heterocycles. The molecule has 5 heteroatoms. The van der Waals surface area contributed by atoms with Crippen molar-refractivity contribution >= 4 is 0 Å². The van der Waals surface area contributed by atoms with E-state index in [2.05, 4.69) is 78.9 Å². The van der Waals surface area contributed by atoms with Gasteiger partial charge < -0.3 is 28.0 Å². The molecule has 0 saturated heterocycles. The first-order valence-electron chi connectivity index (χ1n) is 15.7. The predicted molar refractivity (Wildman–Crippen MR) is 207 cm³/mol. The molecule has 0 fully saturated rings. The normalized spacial score (nSPS) is 16.0. The largest absolute Gasteiger partial charge is 0.508 e. The van der Waals surface area contributed by atoms with Crippen LogP contribution in [-0.4, -0.2) is 5.11 Å². The zero-order valence-corrected chi connectivity index (χ0v) is 28.6. The zero-order chi connectivity index (χ0) is 36.2. The summed E-state index contributed by atoms with van der Waals surface area (Å²) < 4.78 is 0. The lowest BCUT2D eigenvalue weighted by atomic mass is 9.61. The summed E-state index contributed by atoms with van der Waals surface area (Å²) in [7, 11) is 0. The lowest BCUT2D eigenvalue weighted by molar-refractivity contribution is 0.396. The molecule has 1 aromatic carbocycles. The number of aromatic hydroxyl groups is 1. The monoisotopic (exact) mass is 634 g/mol. The number of phenols is 1. The summed E-state index contributed by atoms with van der Waals surface area (Å²) in [6, 6.07) is 1.62. The molecule has 0 aliphatic carbocycles. The van der Waals surface area contributed by atoms with Crippen LogP contribution in [0.3, 0.4) is 0 Å². The van der Waals surface area contributed by atoms with Gasteiger partial charge in [-0.15, -0.1) is 52.6 Å². The molecule has 5 nitrogen and oxygen atoms in total. The minimum atomic E-state index is -1.40. The van der Waals surface area contributed by atoms with Crippen molar-refractivity contribution in [1.29, 1.82) is 0 Å². The van der Waals surface area contributed by atoms with Crippen LogP contribution in [0.15, 0.2) is 156 Å². The summed E-state index contributed by atoms with van der Waals surface area (Å²) in [5.41, 5.74) is 28.7. The number of hydrogen-bond donors (Lipinski definition) is 5. The van der Waals surface area contributed by atoms with Gasteiger partial charge in [0.2, 0.25) is 0 Å². The van der Waals surface area contributed by atoms with E-state index in [4.69, 9.17) is 22.9 Å². The van der Waals surface area contributed by atoms with E-state index in [1.807, 2.05) is 0 Å². The fraction of sp³-hybridized carbons (Fsp3) is 0.286. The molecule has 0 aliphatic rings. The highest BCUT2D eigenvalue weighted by Gasteiger charge is 2.49. The molecule has 0 amide bonds. The van der Waals surface area contributed by atoms with Gasteiger partial charge in [-0.05, 0) is 96.4 Å². The van der Waals surface area contributed by atoms with Crippen molar-refractivity contribution in [3.63, 3.8) is 0 Å². The fourth-order valence-corrected chi connectivity index (χ4v) is 6.43. The fourth-order valence-electron chi connectivity index (χ4n) is 6.43. The van der Waals surface area contributed by atoms with Gasteiger partial charge in [0, 0.05) is 5.56 Å². The molecule has 0 saturated carbocycles. The second-order valence-electron chi connectivity index (χ2n) is 12.3. The van der Waals surface area contributed by atoms with Crippen LogP contribution in [0.25, 0.3) is 0 Å². The van der Waals surface area contributed by atoms with Crippen molar-refractivity contribution in [2.45, 2.75) is 73.5 Å². The number of benzene rings is 1. The quantitative estimate of drug-likeness (QED) is 0.0727. The van der Waals surface area contributed by atoms with Crippen LogP contribution in [0, 0.1) is 0 Å². The molecule has 0 bridgehead atoms. The van der Waals surface area contributed by atoms with Gasteiger partial charge in [-0.3, -0.25) is 0 Å². The van der Waals surface area contributed by atoms with Crippen LogP contribution in [-0.2, 0) is 22.2 Å². The van der Waals surface area contributed by atoms with Crippen LogP contribution < -0.4 is 22.9 Å². The molecule has 4 atom stereocenters. The van der Waals surface area contributed by atoms with Crippen molar-refractivity contribution in [3.05, 3.63) is 178 Å². The lowest BCUT2D eigenvalue weighted by Gasteiger charge is -2.48. The molecular weight excluding hydrogens is 576 g/mol. The third kappa shape index (κ3) is 7.83. The van der Waals surface area contributed by atoms with E-state index in [1.165, 1.54) is 0 Å². The average molecular weight is 635 g/mol. The maximum Gasteiger partial charge on any atom is 0.121 e. The van der Waals surface area contributed by atoms with Crippen molar-refractivity contribution in [2.24, 2.45) is 22.9 Å². The number of allylic oxidation sites excluding steroid dienone is 4. The van der Waals surface area contributed by atoms with Gasteiger partial charge in [-0.2, -0.15) is 0 Å². The number of phenolic OH excluding ortho intramolecular Hbond substituents is 1. The van der Waals surface area contributed by atoms with E-state index in [0.717, 1.165) is 0 Å². The highest BCUT2D eigenvalue weighted by Crippen LogP contribution is 2.54. The molecule has 47 heavy (non-hydrogen) atoms. The number of rotatable bonds is 24. The summed E-state index contributed by atoms with van der Waals surface area (Å²) in [5, 5.41) is 12.4. The smallest absolute Gasteiger partial charge is 0.121 e. The Morgan fingerprint density at radius 3 is 1.06 bits per heavy atom. The van der Waals surface area contributed by atoms with Gasteiger partial charge in [0.05, 0.1) is 22.2 Å². The molecule has 9 N–H and O–H groups in total. The third-order valence-corrected chi connectivity index (χ3v) is 9.08. The Hall–Kier alpha value is -4.26. The topological polar surface area (TPSA) is 124 Å². The minimum Gasteiger partial charge on any atom is -0.508 e. The SMILES string of the molecule is C=CCC(=C)C(N)(CC=C)c1cc(O)c(C(N)(CC=C)C(=C)CC=C)c(C(N)(CC=C)C(=C)CC=C)c1C(N)(CC=C)C(=C)CC=C.